The average molecular weight is 408 g/mol. The molecule has 0 heterocycles. The van der Waals surface area contributed by atoms with Gasteiger partial charge in [-0.15, -0.1) is 0 Å². The normalized spacial score (nSPS) is 13.3. The molecule has 26 heavy (non-hydrogen) atoms. The number of hydrogen-bond donors (Lipinski definition) is 2. The minimum absolute atomic E-state index is 0.00361. The van der Waals surface area contributed by atoms with Crippen molar-refractivity contribution in [2.24, 2.45) is 5.92 Å². The summed E-state index contributed by atoms with van der Waals surface area (Å²) in [5.74, 6) is -4.08. The van der Waals surface area contributed by atoms with E-state index in [9.17, 15) is 26.4 Å². The first-order chi connectivity index (χ1) is 12.1. The maximum Gasteiger partial charge on any atom is 0.402 e. The number of sulfone groups is 1. The van der Waals surface area contributed by atoms with Gasteiger partial charge >= 0.3 is 6.18 Å². The van der Waals surface area contributed by atoms with Crippen LogP contribution in [0.15, 0.2) is 58.3 Å². The standard InChI is InChI=1S/C16H13ClF3NO4S/c17-13-8-10(21-15(23)12(9-22)16(18,19)20)6-7-14(13)26(24,25)11-4-2-1-3-5-11/h1-8,12,22H,9H2,(H,21,23). The van der Waals surface area contributed by atoms with Crippen LogP contribution in [0.1, 0.15) is 0 Å². The summed E-state index contributed by atoms with van der Waals surface area (Å²) < 4.78 is 62.9. The summed E-state index contributed by atoms with van der Waals surface area (Å²) in [5, 5.41) is 10.5. The Hall–Kier alpha value is -2.10. The van der Waals surface area contributed by atoms with Crippen LogP contribution in [-0.4, -0.2) is 32.2 Å². The van der Waals surface area contributed by atoms with Crippen molar-refractivity contribution in [2.45, 2.75) is 16.0 Å². The third kappa shape index (κ3) is 4.35. The minimum Gasteiger partial charge on any atom is -0.395 e. The Labute approximate surface area is 152 Å². The van der Waals surface area contributed by atoms with Gasteiger partial charge in [0.15, 0.2) is 5.92 Å². The van der Waals surface area contributed by atoms with Crippen LogP contribution in [-0.2, 0) is 14.6 Å². The summed E-state index contributed by atoms with van der Waals surface area (Å²) in [6, 6.07) is 10.7. The smallest absolute Gasteiger partial charge is 0.395 e. The van der Waals surface area contributed by atoms with Crippen LogP contribution in [0.3, 0.4) is 0 Å². The Morgan fingerprint density at radius 3 is 2.27 bits per heavy atom. The van der Waals surface area contributed by atoms with E-state index in [0.717, 1.165) is 18.2 Å². The van der Waals surface area contributed by atoms with Crippen molar-refractivity contribution in [1.29, 1.82) is 0 Å². The number of carbonyl (C=O) groups excluding carboxylic acids is 1. The second-order valence-corrected chi connectivity index (χ2v) is 7.55. The first-order valence-electron chi connectivity index (χ1n) is 7.15. The first kappa shape index (κ1) is 20.2. The number of aliphatic hydroxyl groups excluding tert-OH is 1. The number of hydrogen-bond acceptors (Lipinski definition) is 4. The van der Waals surface area contributed by atoms with E-state index in [0.29, 0.717) is 0 Å². The highest BCUT2D eigenvalue weighted by molar-refractivity contribution is 7.91. The van der Waals surface area contributed by atoms with Gasteiger partial charge in [-0.05, 0) is 30.3 Å². The van der Waals surface area contributed by atoms with Crippen LogP contribution < -0.4 is 5.32 Å². The Morgan fingerprint density at radius 2 is 1.77 bits per heavy atom. The van der Waals surface area contributed by atoms with E-state index in [1.807, 2.05) is 5.32 Å². The van der Waals surface area contributed by atoms with Gasteiger partial charge in [0.25, 0.3) is 0 Å². The number of halogens is 4. The Kier molecular flexibility index (Phi) is 5.94. The van der Waals surface area contributed by atoms with E-state index in [-0.39, 0.29) is 20.5 Å². The van der Waals surface area contributed by atoms with Gasteiger partial charge in [0.05, 0.1) is 21.4 Å². The molecule has 5 nitrogen and oxygen atoms in total. The molecule has 0 aliphatic heterocycles. The molecule has 0 aromatic heterocycles. The SMILES string of the molecule is O=C(Nc1ccc(S(=O)(=O)c2ccccc2)c(Cl)c1)C(CO)C(F)(F)F. The number of nitrogens with one attached hydrogen (secondary N) is 1. The van der Waals surface area contributed by atoms with Gasteiger partial charge in [-0.2, -0.15) is 13.2 Å². The van der Waals surface area contributed by atoms with Crippen LogP contribution in [0.2, 0.25) is 5.02 Å². The fourth-order valence-electron chi connectivity index (χ4n) is 2.09. The molecule has 140 valence electrons. The fraction of sp³-hybridized carbons (Fsp3) is 0.188. The molecule has 1 atom stereocenters. The molecule has 10 heteroatoms. The van der Waals surface area contributed by atoms with Gasteiger partial charge in [-0.25, -0.2) is 8.42 Å². The Bertz CT molecular complexity index is 901. The Balaban J connectivity index is 2.29. The lowest BCUT2D eigenvalue weighted by molar-refractivity contribution is -0.186. The van der Waals surface area contributed by atoms with Gasteiger partial charge < -0.3 is 10.4 Å². The van der Waals surface area contributed by atoms with Gasteiger partial charge in [0.1, 0.15) is 0 Å². The molecule has 0 bridgehead atoms. The van der Waals surface area contributed by atoms with Crippen molar-refractivity contribution < 1.29 is 31.5 Å². The van der Waals surface area contributed by atoms with E-state index in [1.165, 1.54) is 24.3 Å². The van der Waals surface area contributed by atoms with Crippen molar-refractivity contribution in [3.63, 3.8) is 0 Å². The largest absolute Gasteiger partial charge is 0.402 e. The maximum absolute atomic E-state index is 12.6. The molecule has 2 N–H and O–H groups in total. The number of amides is 1. The molecule has 0 saturated carbocycles. The molecule has 1 unspecified atom stereocenters. The van der Waals surface area contributed by atoms with E-state index in [4.69, 9.17) is 16.7 Å². The van der Waals surface area contributed by atoms with Crippen LogP contribution in [0.4, 0.5) is 18.9 Å². The molecule has 0 fully saturated rings. The second kappa shape index (κ2) is 7.65. The molecule has 0 aliphatic rings. The van der Waals surface area contributed by atoms with Crippen molar-refractivity contribution in [1.82, 2.24) is 0 Å². The minimum atomic E-state index is -4.92. The van der Waals surface area contributed by atoms with E-state index >= 15 is 0 Å². The highest BCUT2D eigenvalue weighted by atomic mass is 35.5. The van der Waals surface area contributed by atoms with E-state index in [1.54, 1.807) is 6.07 Å². The lowest BCUT2D eigenvalue weighted by Gasteiger charge is -2.17. The topological polar surface area (TPSA) is 83.5 Å². The van der Waals surface area contributed by atoms with Crippen LogP contribution in [0.5, 0.6) is 0 Å². The lowest BCUT2D eigenvalue weighted by atomic mass is 10.1. The summed E-state index contributed by atoms with van der Waals surface area (Å²) in [4.78, 5) is 11.4. The molecular formula is C16H13ClF3NO4S. The maximum atomic E-state index is 12.6. The molecule has 0 spiro atoms. The van der Waals surface area contributed by atoms with Gasteiger partial charge in [-0.1, -0.05) is 29.8 Å². The quantitative estimate of drug-likeness (QED) is 0.796. The zero-order valence-corrected chi connectivity index (χ0v) is 14.6. The van der Waals surface area contributed by atoms with Crippen molar-refractivity contribution in [3.8, 4) is 0 Å². The van der Waals surface area contributed by atoms with Crippen LogP contribution in [0.25, 0.3) is 0 Å². The number of alkyl halides is 3. The van der Waals surface area contributed by atoms with Gasteiger partial charge in [-0.3, -0.25) is 4.79 Å². The highest BCUT2D eigenvalue weighted by Crippen LogP contribution is 2.31. The monoisotopic (exact) mass is 407 g/mol. The molecular weight excluding hydrogens is 395 g/mol. The Morgan fingerprint density at radius 1 is 1.15 bits per heavy atom. The first-order valence-corrected chi connectivity index (χ1v) is 9.01. The van der Waals surface area contributed by atoms with Crippen molar-refractivity contribution >= 4 is 33.0 Å². The summed E-state index contributed by atoms with van der Waals surface area (Å²) in [7, 11) is -3.92. The summed E-state index contributed by atoms with van der Waals surface area (Å²) in [6.07, 6.45) is -4.92. The molecule has 2 aromatic rings. The number of benzene rings is 2. The fourth-order valence-corrected chi connectivity index (χ4v) is 3.91. The third-order valence-electron chi connectivity index (χ3n) is 3.44. The molecule has 2 aromatic carbocycles. The van der Waals surface area contributed by atoms with Crippen molar-refractivity contribution in [2.75, 3.05) is 11.9 Å². The molecule has 0 aliphatic carbocycles. The predicted molar refractivity (Wildman–Crippen MR) is 88.6 cm³/mol. The molecule has 0 radical (unpaired) electrons. The zero-order chi connectivity index (χ0) is 19.5. The summed E-state index contributed by atoms with van der Waals surface area (Å²) in [6.45, 7) is -1.41. The van der Waals surface area contributed by atoms with Gasteiger partial charge in [0.2, 0.25) is 15.7 Å². The summed E-state index contributed by atoms with van der Waals surface area (Å²) >= 11 is 5.95. The number of rotatable bonds is 5. The number of carbonyl (C=O) groups is 1. The van der Waals surface area contributed by atoms with Gasteiger partial charge in [0, 0.05) is 5.69 Å². The summed E-state index contributed by atoms with van der Waals surface area (Å²) in [5.41, 5.74) is -0.130. The average Bonchev–Trinajstić information content (AvgIpc) is 2.54. The molecule has 0 saturated heterocycles. The number of aliphatic hydroxyl groups is 1. The van der Waals surface area contributed by atoms with Crippen molar-refractivity contribution in [3.05, 3.63) is 53.6 Å². The van der Waals surface area contributed by atoms with E-state index in [2.05, 4.69) is 0 Å². The predicted octanol–water partition coefficient (Wildman–Crippen LogP) is 3.28. The number of anilines is 1. The second-order valence-electron chi connectivity index (χ2n) is 5.23. The molecule has 1 amide bonds. The lowest BCUT2D eigenvalue weighted by Crippen LogP contribution is -2.37. The molecule has 2 rings (SSSR count). The van der Waals surface area contributed by atoms with Crippen LogP contribution in [0, 0.1) is 5.92 Å². The third-order valence-corrected chi connectivity index (χ3v) is 5.69. The zero-order valence-electron chi connectivity index (χ0n) is 13.0. The highest BCUT2D eigenvalue weighted by Gasteiger charge is 2.44. The van der Waals surface area contributed by atoms with E-state index < -0.39 is 34.4 Å². The van der Waals surface area contributed by atoms with Crippen LogP contribution >= 0.6 is 11.6 Å².